The van der Waals surface area contributed by atoms with Gasteiger partial charge >= 0.3 is 0 Å². The minimum atomic E-state index is -0.0307. The zero-order valence-corrected chi connectivity index (χ0v) is 11.8. The average molecular weight is 265 g/mol. The first-order valence-electron chi connectivity index (χ1n) is 6.37. The molecule has 1 rings (SSSR count). The number of amides is 1. The van der Waals surface area contributed by atoms with Crippen molar-refractivity contribution in [1.82, 2.24) is 4.90 Å². The Morgan fingerprint density at radius 2 is 2.05 bits per heavy atom. The lowest BCUT2D eigenvalue weighted by atomic mass is 10.2. The highest BCUT2D eigenvalue weighted by molar-refractivity contribution is 5.92. The van der Waals surface area contributed by atoms with Crippen LogP contribution in [0.4, 0.5) is 5.69 Å². The van der Waals surface area contributed by atoms with Crippen LogP contribution in [-0.2, 0) is 4.79 Å². The van der Waals surface area contributed by atoms with Crippen molar-refractivity contribution in [3.63, 3.8) is 0 Å². The van der Waals surface area contributed by atoms with Crippen LogP contribution in [0.2, 0.25) is 0 Å². The molecule has 0 aliphatic carbocycles. The Hall–Kier alpha value is -1.59. The minimum absolute atomic E-state index is 0.0307. The molecule has 1 amide bonds. The molecular formula is C14H23N3O2. The number of benzene rings is 1. The standard InChI is InChI=1S/C14H23N3O2/c1-11(8-15)9-17(2)10-14(18)16-12-4-6-13(19-3)7-5-12/h4-7,11H,8-10,15H2,1-3H3,(H,16,18). The van der Waals surface area contributed by atoms with E-state index in [0.29, 0.717) is 19.0 Å². The molecule has 1 unspecified atom stereocenters. The molecule has 19 heavy (non-hydrogen) atoms. The summed E-state index contributed by atoms with van der Waals surface area (Å²) in [7, 11) is 3.53. The quantitative estimate of drug-likeness (QED) is 0.776. The number of rotatable bonds is 7. The SMILES string of the molecule is COc1ccc(NC(=O)CN(C)CC(C)CN)cc1. The zero-order valence-electron chi connectivity index (χ0n) is 11.8. The van der Waals surface area contributed by atoms with Gasteiger partial charge in [-0.1, -0.05) is 6.92 Å². The summed E-state index contributed by atoms with van der Waals surface area (Å²) in [4.78, 5) is 13.8. The first kappa shape index (κ1) is 15.5. The van der Waals surface area contributed by atoms with Crippen LogP contribution < -0.4 is 15.8 Å². The third kappa shape index (κ3) is 5.72. The van der Waals surface area contributed by atoms with Crippen molar-refractivity contribution in [2.24, 2.45) is 11.7 Å². The van der Waals surface area contributed by atoms with Crippen molar-refractivity contribution in [2.45, 2.75) is 6.92 Å². The van der Waals surface area contributed by atoms with E-state index in [0.717, 1.165) is 18.0 Å². The largest absolute Gasteiger partial charge is 0.497 e. The van der Waals surface area contributed by atoms with E-state index in [2.05, 4.69) is 12.2 Å². The molecule has 0 aromatic heterocycles. The van der Waals surface area contributed by atoms with Crippen LogP contribution in [0.15, 0.2) is 24.3 Å². The van der Waals surface area contributed by atoms with Crippen LogP contribution in [0.25, 0.3) is 0 Å². The summed E-state index contributed by atoms with van der Waals surface area (Å²) in [5, 5.41) is 2.85. The predicted octanol–water partition coefficient (Wildman–Crippen LogP) is 1.16. The van der Waals surface area contributed by atoms with E-state index in [9.17, 15) is 4.79 Å². The van der Waals surface area contributed by atoms with E-state index in [1.54, 1.807) is 7.11 Å². The van der Waals surface area contributed by atoms with Gasteiger partial charge < -0.3 is 15.8 Å². The number of ether oxygens (including phenoxy) is 1. The van der Waals surface area contributed by atoms with Crippen molar-refractivity contribution < 1.29 is 9.53 Å². The number of carbonyl (C=O) groups excluding carboxylic acids is 1. The lowest BCUT2D eigenvalue weighted by molar-refractivity contribution is -0.117. The second-order valence-electron chi connectivity index (χ2n) is 4.81. The van der Waals surface area contributed by atoms with Crippen molar-refractivity contribution in [1.29, 1.82) is 0 Å². The van der Waals surface area contributed by atoms with Crippen LogP contribution in [0.3, 0.4) is 0 Å². The number of nitrogens with one attached hydrogen (secondary N) is 1. The van der Waals surface area contributed by atoms with Gasteiger partial charge in [0.25, 0.3) is 0 Å². The number of carbonyl (C=O) groups is 1. The number of nitrogens with two attached hydrogens (primary N) is 1. The van der Waals surface area contributed by atoms with E-state index < -0.39 is 0 Å². The summed E-state index contributed by atoms with van der Waals surface area (Å²) < 4.78 is 5.06. The van der Waals surface area contributed by atoms with Gasteiger partial charge in [0.05, 0.1) is 13.7 Å². The Balaban J connectivity index is 2.41. The molecule has 0 spiro atoms. The van der Waals surface area contributed by atoms with Gasteiger partial charge in [-0.3, -0.25) is 9.69 Å². The fraction of sp³-hybridized carbons (Fsp3) is 0.500. The van der Waals surface area contributed by atoms with Crippen LogP contribution in [0, 0.1) is 5.92 Å². The maximum Gasteiger partial charge on any atom is 0.238 e. The van der Waals surface area contributed by atoms with Crippen LogP contribution >= 0.6 is 0 Å². The highest BCUT2D eigenvalue weighted by Gasteiger charge is 2.09. The summed E-state index contributed by atoms with van der Waals surface area (Å²) in [6.07, 6.45) is 0. The molecule has 5 nitrogen and oxygen atoms in total. The average Bonchev–Trinajstić information content (AvgIpc) is 2.39. The van der Waals surface area contributed by atoms with Gasteiger partial charge in [0.2, 0.25) is 5.91 Å². The van der Waals surface area contributed by atoms with Gasteiger partial charge in [-0.25, -0.2) is 0 Å². The second-order valence-corrected chi connectivity index (χ2v) is 4.81. The molecule has 0 bridgehead atoms. The van der Waals surface area contributed by atoms with Crippen molar-refractivity contribution in [3.8, 4) is 5.75 Å². The predicted molar refractivity (Wildman–Crippen MR) is 77.3 cm³/mol. The number of hydrogen-bond acceptors (Lipinski definition) is 4. The topological polar surface area (TPSA) is 67.6 Å². The molecule has 0 fully saturated rings. The Morgan fingerprint density at radius 3 is 2.58 bits per heavy atom. The lowest BCUT2D eigenvalue weighted by Crippen LogP contribution is -2.34. The molecule has 106 valence electrons. The smallest absolute Gasteiger partial charge is 0.238 e. The Morgan fingerprint density at radius 1 is 1.42 bits per heavy atom. The van der Waals surface area contributed by atoms with Crippen LogP contribution in [0.5, 0.6) is 5.75 Å². The van der Waals surface area contributed by atoms with Gasteiger partial charge in [0.1, 0.15) is 5.75 Å². The van der Waals surface area contributed by atoms with Gasteiger partial charge in [0.15, 0.2) is 0 Å². The first-order chi connectivity index (χ1) is 9.05. The van der Waals surface area contributed by atoms with E-state index in [-0.39, 0.29) is 5.91 Å². The molecule has 1 aromatic carbocycles. The highest BCUT2D eigenvalue weighted by atomic mass is 16.5. The number of hydrogen-bond donors (Lipinski definition) is 2. The Labute approximate surface area is 114 Å². The maximum atomic E-state index is 11.8. The summed E-state index contributed by atoms with van der Waals surface area (Å²) in [6.45, 7) is 3.87. The molecule has 0 aliphatic rings. The monoisotopic (exact) mass is 265 g/mol. The fourth-order valence-corrected chi connectivity index (χ4v) is 1.79. The van der Waals surface area contributed by atoms with E-state index in [1.807, 2.05) is 36.2 Å². The molecule has 5 heteroatoms. The molecule has 1 atom stereocenters. The van der Waals surface area contributed by atoms with E-state index >= 15 is 0 Å². The molecule has 0 saturated carbocycles. The lowest BCUT2D eigenvalue weighted by Gasteiger charge is -2.19. The van der Waals surface area contributed by atoms with Gasteiger partial charge in [-0.05, 0) is 43.8 Å². The molecule has 3 N–H and O–H groups in total. The van der Waals surface area contributed by atoms with Crippen LogP contribution in [0.1, 0.15) is 6.92 Å². The minimum Gasteiger partial charge on any atom is -0.497 e. The number of methoxy groups -OCH3 is 1. The number of anilines is 1. The van der Waals surface area contributed by atoms with Gasteiger partial charge in [0, 0.05) is 12.2 Å². The highest BCUT2D eigenvalue weighted by Crippen LogP contribution is 2.14. The normalized spacial score (nSPS) is 12.3. The Kier molecular flexibility index (Phi) is 6.32. The van der Waals surface area contributed by atoms with E-state index in [1.165, 1.54) is 0 Å². The summed E-state index contributed by atoms with van der Waals surface area (Å²) in [5.41, 5.74) is 6.33. The van der Waals surface area contributed by atoms with Gasteiger partial charge in [-0.2, -0.15) is 0 Å². The molecule has 0 saturated heterocycles. The molecule has 0 radical (unpaired) electrons. The van der Waals surface area contributed by atoms with Crippen molar-refractivity contribution >= 4 is 11.6 Å². The number of nitrogens with zero attached hydrogens (tertiary/aromatic N) is 1. The Bertz CT molecular complexity index is 392. The summed E-state index contributed by atoms with van der Waals surface area (Å²) in [5.74, 6) is 1.13. The third-order valence-corrected chi connectivity index (χ3v) is 2.81. The molecular weight excluding hydrogens is 242 g/mol. The maximum absolute atomic E-state index is 11.8. The van der Waals surface area contributed by atoms with Crippen LogP contribution in [-0.4, -0.2) is 44.6 Å². The first-order valence-corrected chi connectivity index (χ1v) is 6.37. The second kappa shape index (κ2) is 7.76. The molecule has 0 heterocycles. The fourth-order valence-electron chi connectivity index (χ4n) is 1.79. The van der Waals surface area contributed by atoms with Crippen molar-refractivity contribution in [3.05, 3.63) is 24.3 Å². The summed E-state index contributed by atoms with van der Waals surface area (Å²) in [6, 6.07) is 7.27. The van der Waals surface area contributed by atoms with E-state index in [4.69, 9.17) is 10.5 Å². The summed E-state index contributed by atoms with van der Waals surface area (Å²) >= 11 is 0. The third-order valence-electron chi connectivity index (χ3n) is 2.81. The zero-order chi connectivity index (χ0) is 14.3. The molecule has 1 aromatic rings. The van der Waals surface area contributed by atoms with Gasteiger partial charge in [-0.15, -0.1) is 0 Å². The van der Waals surface area contributed by atoms with Crippen molar-refractivity contribution in [2.75, 3.05) is 39.1 Å². The number of likely N-dealkylation sites (N-methyl/N-ethyl adjacent to an activating group) is 1. The molecule has 0 aliphatic heterocycles.